The minimum absolute atomic E-state index is 0.0768. The van der Waals surface area contributed by atoms with Crippen LogP contribution in [0, 0.1) is 19.7 Å². The van der Waals surface area contributed by atoms with Crippen molar-refractivity contribution in [1.82, 2.24) is 34.9 Å². The van der Waals surface area contributed by atoms with E-state index in [1.54, 1.807) is 26.1 Å². The highest BCUT2D eigenvalue weighted by atomic mass is 32.2. The molecule has 5 rings (SSSR count). The topological polar surface area (TPSA) is 121 Å². The first-order chi connectivity index (χ1) is 16.3. The Hall–Kier alpha value is -4.06. The normalized spacial score (nSPS) is 12.3. The van der Waals surface area contributed by atoms with E-state index in [-0.39, 0.29) is 10.9 Å². The molecule has 34 heavy (non-hydrogen) atoms. The average Bonchev–Trinajstić information content (AvgIpc) is 3.19. The van der Waals surface area contributed by atoms with E-state index in [9.17, 15) is 8.60 Å². The molecule has 0 saturated heterocycles. The molecule has 0 bridgehead atoms. The molecule has 10 nitrogen and oxygen atoms in total. The molecule has 0 fully saturated rings. The molecule has 0 saturated carbocycles. The number of hydrogen-bond acceptors (Lipinski definition) is 9. The largest absolute Gasteiger partial charge is 0.454 e. The molecule has 0 radical (unpaired) electrons. The fourth-order valence-corrected chi connectivity index (χ4v) is 4.04. The molecule has 0 amide bonds. The van der Waals surface area contributed by atoms with Gasteiger partial charge in [-0.25, -0.2) is 29.0 Å². The lowest BCUT2D eigenvalue weighted by molar-refractivity contribution is 0.438. The lowest BCUT2D eigenvalue weighted by atomic mass is 10.1. The smallest absolute Gasteiger partial charge is 0.218 e. The fourth-order valence-electron chi connectivity index (χ4n) is 3.62. The van der Waals surface area contributed by atoms with Gasteiger partial charge in [0.2, 0.25) is 5.16 Å². The Labute approximate surface area is 195 Å². The molecular weight excluding hydrogens is 459 g/mol. The SMILES string of the molecule is Cc1cc(Nc2ncnc3cnc(S(C)=O)nc23)ccc1Oc1cc2nnn(C)c2c(C)c1F. The van der Waals surface area contributed by atoms with E-state index >= 15 is 0 Å². The summed E-state index contributed by atoms with van der Waals surface area (Å²) in [6.07, 6.45) is 4.42. The van der Waals surface area contributed by atoms with Crippen LogP contribution < -0.4 is 10.1 Å². The Bertz CT molecular complexity index is 1600. The molecule has 1 N–H and O–H groups in total. The van der Waals surface area contributed by atoms with Gasteiger partial charge in [-0.3, -0.25) is 4.21 Å². The third-order valence-electron chi connectivity index (χ3n) is 5.29. The van der Waals surface area contributed by atoms with Crippen LogP contribution in [0.3, 0.4) is 0 Å². The standard InChI is InChI=1S/C22H19FN8O2S/c1-11-7-13(27-21-19-15(25-10-26-21)9-24-22(28-19)34(4)32)5-6-16(11)33-17-8-14-20(12(2)18(17)23)31(3)30-29-14/h5-10H,1-4H3,(H,25,26,27). The van der Waals surface area contributed by atoms with Crippen LogP contribution >= 0.6 is 0 Å². The molecule has 3 heterocycles. The van der Waals surface area contributed by atoms with Crippen molar-refractivity contribution in [3.63, 3.8) is 0 Å². The summed E-state index contributed by atoms with van der Waals surface area (Å²) in [6.45, 7) is 3.52. The lowest BCUT2D eigenvalue weighted by Gasteiger charge is -2.13. The average molecular weight is 479 g/mol. The Morgan fingerprint density at radius 1 is 1.09 bits per heavy atom. The predicted molar refractivity (Wildman–Crippen MR) is 125 cm³/mol. The van der Waals surface area contributed by atoms with Gasteiger partial charge in [0.25, 0.3) is 0 Å². The Balaban J connectivity index is 1.45. The van der Waals surface area contributed by atoms with Gasteiger partial charge < -0.3 is 10.1 Å². The number of ether oxygens (including phenoxy) is 1. The number of benzene rings is 2. The number of aromatic nitrogens is 7. The highest BCUT2D eigenvalue weighted by molar-refractivity contribution is 7.84. The van der Waals surface area contributed by atoms with Crippen molar-refractivity contribution in [2.45, 2.75) is 19.0 Å². The molecule has 0 spiro atoms. The first-order valence-electron chi connectivity index (χ1n) is 10.2. The van der Waals surface area contributed by atoms with Crippen LogP contribution in [0.25, 0.3) is 22.1 Å². The van der Waals surface area contributed by atoms with Crippen LogP contribution in [0.4, 0.5) is 15.9 Å². The van der Waals surface area contributed by atoms with Crippen LogP contribution in [-0.4, -0.2) is 45.4 Å². The van der Waals surface area contributed by atoms with Gasteiger partial charge >= 0.3 is 0 Å². The zero-order chi connectivity index (χ0) is 24.0. The van der Waals surface area contributed by atoms with Crippen molar-refractivity contribution >= 4 is 44.4 Å². The quantitative estimate of drug-likeness (QED) is 0.377. The zero-order valence-corrected chi connectivity index (χ0v) is 19.5. The van der Waals surface area contributed by atoms with Crippen LogP contribution in [0.15, 0.2) is 41.9 Å². The van der Waals surface area contributed by atoms with E-state index in [2.05, 4.69) is 35.6 Å². The number of aryl methyl sites for hydroxylation is 3. The summed E-state index contributed by atoms with van der Waals surface area (Å²) in [6, 6.07) is 6.90. The van der Waals surface area contributed by atoms with Crippen molar-refractivity contribution in [2.24, 2.45) is 7.05 Å². The fraction of sp³-hybridized carbons (Fsp3) is 0.182. The van der Waals surface area contributed by atoms with E-state index in [0.29, 0.717) is 44.9 Å². The van der Waals surface area contributed by atoms with Gasteiger partial charge in [-0.1, -0.05) is 5.21 Å². The van der Waals surface area contributed by atoms with Crippen molar-refractivity contribution in [1.29, 1.82) is 0 Å². The highest BCUT2D eigenvalue weighted by Gasteiger charge is 2.17. The first-order valence-corrected chi connectivity index (χ1v) is 11.7. The van der Waals surface area contributed by atoms with E-state index < -0.39 is 16.6 Å². The van der Waals surface area contributed by atoms with Gasteiger partial charge in [-0.15, -0.1) is 5.10 Å². The molecule has 12 heteroatoms. The second-order valence-electron chi connectivity index (χ2n) is 7.66. The molecule has 1 unspecified atom stereocenters. The summed E-state index contributed by atoms with van der Waals surface area (Å²) >= 11 is 0. The summed E-state index contributed by atoms with van der Waals surface area (Å²) in [5.74, 6) is 0.552. The molecular formula is C22H19FN8O2S. The van der Waals surface area contributed by atoms with E-state index in [1.165, 1.54) is 29.5 Å². The molecule has 0 aliphatic rings. The number of nitrogens with one attached hydrogen (secondary N) is 1. The Kier molecular flexibility index (Phi) is 5.36. The highest BCUT2D eigenvalue weighted by Crippen LogP contribution is 2.34. The van der Waals surface area contributed by atoms with E-state index in [4.69, 9.17) is 4.74 Å². The molecule has 0 aliphatic carbocycles. The summed E-state index contributed by atoms with van der Waals surface area (Å²) < 4.78 is 34.2. The second kappa shape index (κ2) is 8.37. The van der Waals surface area contributed by atoms with Crippen molar-refractivity contribution in [3.05, 3.63) is 53.7 Å². The zero-order valence-electron chi connectivity index (χ0n) is 18.7. The summed E-state index contributed by atoms with van der Waals surface area (Å²) in [5.41, 5.74) is 4.05. The molecule has 2 aromatic carbocycles. The minimum Gasteiger partial charge on any atom is -0.454 e. The Morgan fingerprint density at radius 2 is 1.91 bits per heavy atom. The van der Waals surface area contributed by atoms with E-state index in [1.807, 2.05) is 13.0 Å². The molecule has 172 valence electrons. The third kappa shape index (κ3) is 3.81. The summed E-state index contributed by atoms with van der Waals surface area (Å²) in [5, 5.41) is 11.4. The summed E-state index contributed by atoms with van der Waals surface area (Å²) in [4.78, 5) is 16.8. The minimum atomic E-state index is -1.34. The van der Waals surface area contributed by atoms with Gasteiger partial charge in [0, 0.05) is 30.6 Å². The van der Waals surface area contributed by atoms with Crippen molar-refractivity contribution in [2.75, 3.05) is 11.6 Å². The van der Waals surface area contributed by atoms with Crippen molar-refractivity contribution < 1.29 is 13.3 Å². The maximum absolute atomic E-state index is 15.0. The van der Waals surface area contributed by atoms with Gasteiger partial charge in [-0.2, -0.15) is 0 Å². The van der Waals surface area contributed by atoms with E-state index in [0.717, 1.165) is 5.56 Å². The van der Waals surface area contributed by atoms with Crippen LogP contribution in [-0.2, 0) is 17.8 Å². The number of rotatable bonds is 5. The predicted octanol–water partition coefficient (Wildman–Crippen LogP) is 3.73. The maximum atomic E-state index is 15.0. The number of halogens is 1. The second-order valence-corrected chi connectivity index (χ2v) is 8.94. The first kappa shape index (κ1) is 21.8. The van der Waals surface area contributed by atoms with Crippen LogP contribution in [0.2, 0.25) is 0 Å². The van der Waals surface area contributed by atoms with Gasteiger partial charge in [0.05, 0.1) is 22.5 Å². The molecule has 3 aromatic heterocycles. The molecule has 1 atom stereocenters. The van der Waals surface area contributed by atoms with Crippen LogP contribution in [0.1, 0.15) is 11.1 Å². The number of hydrogen-bond donors (Lipinski definition) is 1. The Morgan fingerprint density at radius 3 is 2.68 bits per heavy atom. The van der Waals surface area contributed by atoms with Crippen LogP contribution in [0.5, 0.6) is 11.5 Å². The third-order valence-corrected chi connectivity index (χ3v) is 6.00. The van der Waals surface area contributed by atoms with Crippen molar-refractivity contribution in [3.8, 4) is 11.5 Å². The number of nitrogens with zero attached hydrogens (tertiary/aromatic N) is 7. The van der Waals surface area contributed by atoms with Gasteiger partial charge in [-0.05, 0) is 37.6 Å². The lowest BCUT2D eigenvalue weighted by Crippen LogP contribution is -2.02. The molecule has 0 aliphatic heterocycles. The monoisotopic (exact) mass is 478 g/mol. The van der Waals surface area contributed by atoms with Gasteiger partial charge in [0.15, 0.2) is 17.4 Å². The summed E-state index contributed by atoms with van der Waals surface area (Å²) in [7, 11) is 0.376. The molecule has 5 aromatic rings. The number of fused-ring (bicyclic) bond motifs is 2. The van der Waals surface area contributed by atoms with Gasteiger partial charge in [0.1, 0.15) is 28.6 Å². The maximum Gasteiger partial charge on any atom is 0.218 e. The number of anilines is 2.